The Bertz CT molecular complexity index is 438. The second-order valence-corrected chi connectivity index (χ2v) is 7.39. The van der Waals surface area contributed by atoms with Crippen molar-refractivity contribution in [3.63, 3.8) is 0 Å². The number of unbranched alkanes of at least 4 members (excludes halogenated alkanes) is 2. The lowest BCUT2D eigenvalue weighted by Crippen LogP contribution is -2.56. The Hall–Kier alpha value is -1.15. The van der Waals surface area contributed by atoms with Gasteiger partial charge in [0.2, 0.25) is 0 Å². The minimum Gasteiger partial charge on any atom is -0.348 e. The van der Waals surface area contributed by atoms with E-state index >= 15 is 0 Å². The predicted molar refractivity (Wildman–Crippen MR) is 97.0 cm³/mol. The second kappa shape index (κ2) is 11.5. The second-order valence-electron chi connectivity index (χ2n) is 7.39. The van der Waals surface area contributed by atoms with Gasteiger partial charge >= 0.3 is 12.1 Å². The van der Waals surface area contributed by atoms with Crippen molar-refractivity contribution in [2.45, 2.75) is 90.5 Å². The van der Waals surface area contributed by atoms with Crippen LogP contribution < -0.4 is 16.0 Å². The number of nitrogens with one attached hydrogen (secondary N) is 3. The standard InChI is InChI=1S/C18H34F3N3O2/c1-6-7-12-23-17(4,5)15(25)14(24-13(2)3)10-8-9-11-22-16(26)18(19,20)21/h13-14,23-24H,6-12H2,1-5H3,(H,22,26). The Labute approximate surface area is 154 Å². The molecule has 0 fully saturated rings. The van der Waals surface area contributed by atoms with Gasteiger partial charge in [0, 0.05) is 12.6 Å². The van der Waals surface area contributed by atoms with E-state index in [1.54, 1.807) is 0 Å². The fraction of sp³-hybridized carbons (Fsp3) is 0.889. The molecule has 0 aliphatic rings. The van der Waals surface area contributed by atoms with Gasteiger partial charge in [0.05, 0.1) is 11.6 Å². The molecule has 0 saturated heterocycles. The lowest BCUT2D eigenvalue weighted by atomic mass is 9.90. The summed E-state index contributed by atoms with van der Waals surface area (Å²) < 4.78 is 36.4. The number of amides is 1. The van der Waals surface area contributed by atoms with Gasteiger partial charge in [0.1, 0.15) is 0 Å². The van der Waals surface area contributed by atoms with Crippen LogP contribution in [0.2, 0.25) is 0 Å². The number of carbonyl (C=O) groups is 2. The maximum atomic E-state index is 12.9. The van der Waals surface area contributed by atoms with Gasteiger partial charge in [-0.1, -0.05) is 27.2 Å². The number of hydrogen-bond acceptors (Lipinski definition) is 4. The minimum absolute atomic E-state index is 0.0432. The van der Waals surface area contributed by atoms with E-state index in [1.807, 2.05) is 33.0 Å². The molecule has 8 heteroatoms. The van der Waals surface area contributed by atoms with Crippen molar-refractivity contribution in [2.75, 3.05) is 13.1 Å². The van der Waals surface area contributed by atoms with Crippen LogP contribution >= 0.6 is 0 Å². The molecule has 154 valence electrons. The quantitative estimate of drug-likeness (QED) is 0.429. The summed E-state index contributed by atoms with van der Waals surface area (Å²) in [5, 5.41) is 8.37. The summed E-state index contributed by atoms with van der Waals surface area (Å²) in [7, 11) is 0. The van der Waals surface area contributed by atoms with Crippen molar-refractivity contribution in [3.05, 3.63) is 0 Å². The molecule has 0 aliphatic carbocycles. The Balaban J connectivity index is 4.52. The fourth-order valence-corrected chi connectivity index (χ4v) is 2.57. The van der Waals surface area contributed by atoms with Crippen LogP contribution in [-0.4, -0.2) is 48.6 Å². The zero-order chi connectivity index (χ0) is 20.4. The highest BCUT2D eigenvalue weighted by Gasteiger charge is 2.38. The smallest absolute Gasteiger partial charge is 0.348 e. The third-order valence-electron chi connectivity index (χ3n) is 4.03. The first kappa shape index (κ1) is 24.8. The molecule has 1 atom stereocenters. The van der Waals surface area contributed by atoms with Crippen molar-refractivity contribution in [2.24, 2.45) is 0 Å². The fourth-order valence-electron chi connectivity index (χ4n) is 2.57. The van der Waals surface area contributed by atoms with Crippen LogP contribution in [0.1, 0.15) is 66.7 Å². The van der Waals surface area contributed by atoms with Crippen molar-refractivity contribution >= 4 is 11.7 Å². The van der Waals surface area contributed by atoms with Crippen LogP contribution in [0.3, 0.4) is 0 Å². The molecule has 5 nitrogen and oxygen atoms in total. The molecule has 1 unspecified atom stereocenters. The van der Waals surface area contributed by atoms with Crippen molar-refractivity contribution < 1.29 is 22.8 Å². The SMILES string of the molecule is CCCCNC(C)(C)C(=O)C(CCCCNC(=O)C(F)(F)F)NC(C)C. The Morgan fingerprint density at radius 3 is 2.12 bits per heavy atom. The third-order valence-corrected chi connectivity index (χ3v) is 4.03. The summed E-state index contributed by atoms with van der Waals surface area (Å²) in [6.07, 6.45) is -1.40. The summed E-state index contributed by atoms with van der Waals surface area (Å²) in [6, 6.07) is -0.266. The first-order valence-corrected chi connectivity index (χ1v) is 9.32. The monoisotopic (exact) mass is 381 g/mol. The molecule has 0 aromatic heterocycles. The van der Waals surface area contributed by atoms with Crippen molar-refractivity contribution in [3.8, 4) is 0 Å². The van der Waals surface area contributed by atoms with E-state index in [9.17, 15) is 22.8 Å². The third kappa shape index (κ3) is 10.1. The molecule has 0 bridgehead atoms. The molecule has 26 heavy (non-hydrogen) atoms. The van der Waals surface area contributed by atoms with Crippen LogP contribution in [0.25, 0.3) is 0 Å². The minimum atomic E-state index is -4.86. The summed E-state index contributed by atoms with van der Waals surface area (Å²) in [5.74, 6) is -1.88. The first-order chi connectivity index (χ1) is 11.9. The number of halogens is 3. The summed E-state index contributed by atoms with van der Waals surface area (Å²) in [6.45, 7) is 10.4. The van der Waals surface area contributed by atoms with E-state index in [4.69, 9.17) is 0 Å². The van der Waals surface area contributed by atoms with E-state index in [0.717, 1.165) is 19.4 Å². The van der Waals surface area contributed by atoms with Crippen LogP contribution in [0.4, 0.5) is 13.2 Å². The summed E-state index contributed by atoms with van der Waals surface area (Å²) in [4.78, 5) is 23.6. The maximum Gasteiger partial charge on any atom is 0.471 e. The maximum absolute atomic E-state index is 12.9. The van der Waals surface area contributed by atoms with Gasteiger partial charge in [-0.15, -0.1) is 0 Å². The number of carbonyl (C=O) groups excluding carboxylic acids is 2. The number of Topliss-reactive ketones (excluding diaryl/α,β-unsaturated/α-hetero) is 1. The molecule has 1 amide bonds. The molecule has 0 aromatic rings. The average Bonchev–Trinajstić information content (AvgIpc) is 2.51. The van der Waals surface area contributed by atoms with Gasteiger partial charge in [0.25, 0.3) is 0 Å². The van der Waals surface area contributed by atoms with Crippen LogP contribution in [0.15, 0.2) is 0 Å². The first-order valence-electron chi connectivity index (χ1n) is 9.32. The average molecular weight is 381 g/mol. The summed E-state index contributed by atoms with van der Waals surface area (Å²) >= 11 is 0. The number of hydrogen-bond donors (Lipinski definition) is 3. The topological polar surface area (TPSA) is 70.2 Å². The van der Waals surface area contributed by atoms with Crippen LogP contribution in [-0.2, 0) is 9.59 Å². The van der Waals surface area contributed by atoms with Crippen molar-refractivity contribution in [1.29, 1.82) is 0 Å². The van der Waals surface area contributed by atoms with E-state index in [-0.39, 0.29) is 24.4 Å². The largest absolute Gasteiger partial charge is 0.471 e. The lowest BCUT2D eigenvalue weighted by Gasteiger charge is -2.31. The zero-order valence-electron chi connectivity index (χ0n) is 16.6. The molecule has 3 N–H and O–H groups in total. The molecule has 0 rings (SSSR count). The number of rotatable bonds is 13. The number of ketones is 1. The van der Waals surface area contributed by atoms with Crippen LogP contribution in [0.5, 0.6) is 0 Å². The van der Waals surface area contributed by atoms with E-state index in [2.05, 4.69) is 17.6 Å². The molecular formula is C18H34F3N3O2. The van der Waals surface area contributed by atoms with Gasteiger partial charge in [-0.3, -0.25) is 9.59 Å². The Kier molecular flexibility index (Phi) is 11.0. The Morgan fingerprint density at radius 2 is 1.62 bits per heavy atom. The van der Waals surface area contributed by atoms with Gasteiger partial charge in [-0.25, -0.2) is 0 Å². The van der Waals surface area contributed by atoms with Crippen molar-refractivity contribution in [1.82, 2.24) is 16.0 Å². The van der Waals surface area contributed by atoms with E-state index in [0.29, 0.717) is 19.3 Å². The van der Waals surface area contributed by atoms with Gasteiger partial charge in [-0.05, 0) is 46.1 Å². The molecule has 0 radical (unpaired) electrons. The molecule has 0 heterocycles. The van der Waals surface area contributed by atoms with Gasteiger partial charge in [0.15, 0.2) is 5.78 Å². The highest BCUT2D eigenvalue weighted by Crippen LogP contribution is 2.15. The normalized spacial score (nSPS) is 13.7. The highest BCUT2D eigenvalue weighted by atomic mass is 19.4. The molecule has 0 spiro atoms. The molecular weight excluding hydrogens is 347 g/mol. The molecule has 0 aliphatic heterocycles. The highest BCUT2D eigenvalue weighted by molar-refractivity contribution is 5.92. The van der Waals surface area contributed by atoms with E-state index in [1.165, 1.54) is 0 Å². The number of alkyl halides is 3. The molecule has 0 saturated carbocycles. The van der Waals surface area contributed by atoms with E-state index < -0.39 is 17.6 Å². The predicted octanol–water partition coefficient (Wildman–Crippen LogP) is 2.94. The zero-order valence-corrected chi connectivity index (χ0v) is 16.6. The molecule has 0 aromatic carbocycles. The van der Waals surface area contributed by atoms with Gasteiger partial charge < -0.3 is 16.0 Å². The lowest BCUT2D eigenvalue weighted by molar-refractivity contribution is -0.173. The Morgan fingerprint density at radius 1 is 1.00 bits per heavy atom. The summed E-state index contributed by atoms with van der Waals surface area (Å²) in [5.41, 5.74) is -0.674. The van der Waals surface area contributed by atoms with Gasteiger partial charge in [-0.2, -0.15) is 13.2 Å². The van der Waals surface area contributed by atoms with Crippen LogP contribution in [0, 0.1) is 0 Å².